The van der Waals surface area contributed by atoms with Crippen molar-refractivity contribution in [2.24, 2.45) is 5.10 Å². The molecule has 0 radical (unpaired) electrons. The lowest BCUT2D eigenvalue weighted by atomic mass is 10.8. The van der Waals surface area contributed by atoms with E-state index in [0.29, 0.717) is 0 Å². The first-order valence-corrected chi connectivity index (χ1v) is 1.65. The molecule has 0 saturated carbocycles. The molecule has 1 aliphatic heterocycles. The third-order valence-electron chi connectivity index (χ3n) is 0.460. The SMILES string of the molecule is CC1=NN1Cl. The third kappa shape index (κ3) is 0.351. The van der Waals surface area contributed by atoms with Gasteiger partial charge in [0.15, 0.2) is 5.84 Å². The van der Waals surface area contributed by atoms with Gasteiger partial charge in [0.05, 0.1) is 0 Å². The van der Waals surface area contributed by atoms with Crippen LogP contribution in [-0.4, -0.2) is 10.4 Å². The van der Waals surface area contributed by atoms with E-state index in [1.54, 1.807) is 0 Å². The molecule has 0 atom stereocenters. The standard InChI is InChI=1S/C2H3ClN2/c1-2-4-5(2)3/h1H3. The molecule has 0 bridgehead atoms. The minimum Gasteiger partial charge on any atom is -0.155 e. The van der Waals surface area contributed by atoms with E-state index in [1.165, 1.54) is 4.53 Å². The number of hydrogen-bond donors (Lipinski definition) is 0. The smallest absolute Gasteiger partial charge is 0.155 e. The average molecular weight is 90.5 g/mol. The Hall–Kier alpha value is -0.240. The Morgan fingerprint density at radius 1 is 2.00 bits per heavy atom. The van der Waals surface area contributed by atoms with Crippen molar-refractivity contribution in [3.05, 3.63) is 0 Å². The lowest BCUT2D eigenvalue weighted by molar-refractivity contribution is 0.894. The van der Waals surface area contributed by atoms with E-state index >= 15 is 0 Å². The summed E-state index contributed by atoms with van der Waals surface area (Å²) < 4.78 is 1.31. The second-order valence-corrected chi connectivity index (χ2v) is 1.23. The maximum atomic E-state index is 5.17. The van der Waals surface area contributed by atoms with Crippen LogP contribution in [0.3, 0.4) is 0 Å². The van der Waals surface area contributed by atoms with E-state index in [1.807, 2.05) is 6.92 Å². The van der Waals surface area contributed by atoms with Gasteiger partial charge < -0.3 is 0 Å². The van der Waals surface area contributed by atoms with Crippen molar-refractivity contribution >= 4 is 17.6 Å². The van der Waals surface area contributed by atoms with E-state index in [0.717, 1.165) is 5.84 Å². The van der Waals surface area contributed by atoms with Crippen molar-refractivity contribution in [2.75, 3.05) is 0 Å². The van der Waals surface area contributed by atoms with Crippen LogP contribution >= 0.6 is 11.8 Å². The fourth-order valence-electron chi connectivity index (χ4n) is 0.105. The van der Waals surface area contributed by atoms with Gasteiger partial charge in [-0.1, -0.05) is 0 Å². The second kappa shape index (κ2) is 0.627. The summed E-state index contributed by atoms with van der Waals surface area (Å²) in [5.74, 6) is 0.895. The van der Waals surface area contributed by atoms with Gasteiger partial charge in [0, 0.05) is 11.8 Å². The first kappa shape index (κ1) is 2.97. The van der Waals surface area contributed by atoms with E-state index < -0.39 is 0 Å². The molecule has 0 aromatic rings. The van der Waals surface area contributed by atoms with Gasteiger partial charge in [-0.25, -0.2) is 0 Å². The van der Waals surface area contributed by atoms with Crippen LogP contribution in [0.25, 0.3) is 0 Å². The number of hydrogen-bond acceptors (Lipinski definition) is 2. The van der Waals surface area contributed by atoms with E-state index in [9.17, 15) is 0 Å². The topological polar surface area (TPSA) is 15.4 Å². The van der Waals surface area contributed by atoms with Crippen LogP contribution in [0.4, 0.5) is 0 Å². The molecule has 2 nitrogen and oxygen atoms in total. The number of hydrazone groups is 1. The van der Waals surface area contributed by atoms with E-state index in [2.05, 4.69) is 5.10 Å². The molecule has 0 aliphatic carbocycles. The fraction of sp³-hybridized carbons (Fsp3) is 0.500. The van der Waals surface area contributed by atoms with E-state index in [4.69, 9.17) is 11.8 Å². The molecular formula is C2H3ClN2. The third-order valence-corrected chi connectivity index (χ3v) is 0.780. The first-order valence-electron chi connectivity index (χ1n) is 1.32. The molecule has 1 heterocycles. The fourth-order valence-corrected chi connectivity index (χ4v) is 0.214. The highest BCUT2D eigenvalue weighted by molar-refractivity contribution is 6.25. The van der Waals surface area contributed by atoms with Gasteiger partial charge in [-0.2, -0.15) is 4.53 Å². The summed E-state index contributed by atoms with van der Waals surface area (Å²) in [5.41, 5.74) is 0. The van der Waals surface area contributed by atoms with Crippen molar-refractivity contribution in [2.45, 2.75) is 6.92 Å². The summed E-state index contributed by atoms with van der Waals surface area (Å²) >= 11 is 5.17. The molecule has 0 aromatic heterocycles. The maximum absolute atomic E-state index is 5.17. The predicted molar refractivity (Wildman–Crippen MR) is 20.8 cm³/mol. The number of halogens is 1. The summed E-state index contributed by atoms with van der Waals surface area (Å²) in [7, 11) is 0. The van der Waals surface area contributed by atoms with Crippen molar-refractivity contribution < 1.29 is 0 Å². The van der Waals surface area contributed by atoms with Gasteiger partial charge in [0.1, 0.15) is 0 Å². The Morgan fingerprint density at radius 3 is 2.20 bits per heavy atom. The average Bonchev–Trinajstić information content (AvgIpc) is 1.79. The zero-order valence-corrected chi connectivity index (χ0v) is 3.53. The number of nitrogens with zero attached hydrogens (tertiary/aromatic N) is 2. The highest BCUT2D eigenvalue weighted by Crippen LogP contribution is 2.09. The van der Waals surface area contributed by atoms with Gasteiger partial charge in [-0.05, 0) is 6.92 Å². The quantitative estimate of drug-likeness (QED) is 0.402. The predicted octanol–water partition coefficient (Wildman–Crippen LogP) is 0.789. The summed E-state index contributed by atoms with van der Waals surface area (Å²) in [6.45, 7) is 1.84. The Morgan fingerprint density at radius 2 is 2.20 bits per heavy atom. The van der Waals surface area contributed by atoms with Crippen LogP contribution in [0.1, 0.15) is 6.92 Å². The Balaban J connectivity index is 2.38. The van der Waals surface area contributed by atoms with Crippen molar-refractivity contribution in [1.82, 2.24) is 4.53 Å². The molecule has 1 aliphatic rings. The van der Waals surface area contributed by atoms with Crippen LogP contribution in [0.5, 0.6) is 0 Å². The molecule has 0 amide bonds. The molecular weight excluding hydrogens is 87.5 g/mol. The molecule has 0 N–H and O–H groups in total. The monoisotopic (exact) mass is 90.0 g/mol. The van der Waals surface area contributed by atoms with Gasteiger partial charge >= 0.3 is 0 Å². The molecule has 5 heavy (non-hydrogen) atoms. The van der Waals surface area contributed by atoms with Gasteiger partial charge in [-0.15, -0.1) is 5.10 Å². The highest BCUT2D eigenvalue weighted by Gasteiger charge is 2.12. The molecule has 0 saturated heterocycles. The summed E-state index contributed by atoms with van der Waals surface area (Å²) in [5, 5.41) is 3.57. The van der Waals surface area contributed by atoms with Crippen LogP contribution in [0.15, 0.2) is 5.10 Å². The number of amidine groups is 1. The van der Waals surface area contributed by atoms with E-state index in [-0.39, 0.29) is 0 Å². The minimum absolute atomic E-state index is 0.895. The van der Waals surface area contributed by atoms with Crippen molar-refractivity contribution in [1.29, 1.82) is 0 Å². The van der Waals surface area contributed by atoms with Crippen LogP contribution in [0, 0.1) is 0 Å². The van der Waals surface area contributed by atoms with Crippen molar-refractivity contribution in [3.8, 4) is 0 Å². The largest absolute Gasteiger partial charge is 0.162 e. The molecule has 0 unspecified atom stereocenters. The normalized spacial score (nSPS) is 18.8. The Bertz CT molecular complexity index is 77.7. The zero-order chi connectivity index (χ0) is 3.86. The lowest BCUT2D eigenvalue weighted by Gasteiger charge is -1.69. The Kier molecular flexibility index (Phi) is 0.372. The lowest BCUT2D eigenvalue weighted by Crippen LogP contribution is -1.79. The molecule has 0 spiro atoms. The first-order chi connectivity index (χ1) is 2.30. The van der Waals surface area contributed by atoms with Crippen LogP contribution < -0.4 is 0 Å². The molecule has 0 fully saturated rings. The minimum atomic E-state index is 0.895. The molecule has 28 valence electrons. The van der Waals surface area contributed by atoms with Crippen LogP contribution in [-0.2, 0) is 0 Å². The number of rotatable bonds is 0. The van der Waals surface area contributed by atoms with Gasteiger partial charge in [-0.3, -0.25) is 0 Å². The maximum Gasteiger partial charge on any atom is 0.162 e. The highest BCUT2D eigenvalue weighted by atomic mass is 35.5. The van der Waals surface area contributed by atoms with Crippen molar-refractivity contribution in [3.63, 3.8) is 0 Å². The van der Waals surface area contributed by atoms with Gasteiger partial charge in [0.2, 0.25) is 0 Å². The Labute approximate surface area is 35.1 Å². The van der Waals surface area contributed by atoms with Crippen LogP contribution in [0.2, 0.25) is 0 Å². The summed E-state index contributed by atoms with van der Waals surface area (Å²) in [4.78, 5) is 0. The second-order valence-electron chi connectivity index (χ2n) is 0.907. The summed E-state index contributed by atoms with van der Waals surface area (Å²) in [6.07, 6.45) is 0. The molecule has 3 heteroatoms. The molecule has 1 rings (SSSR count). The molecule has 0 aromatic carbocycles. The summed E-state index contributed by atoms with van der Waals surface area (Å²) in [6, 6.07) is 0. The zero-order valence-electron chi connectivity index (χ0n) is 2.77. The van der Waals surface area contributed by atoms with Gasteiger partial charge in [0.25, 0.3) is 0 Å².